The summed E-state index contributed by atoms with van der Waals surface area (Å²) in [7, 11) is 0. The Bertz CT molecular complexity index is 1020. The number of rotatable bonds is 4. The number of aromatic nitrogens is 4. The van der Waals surface area contributed by atoms with Crippen molar-refractivity contribution in [3.63, 3.8) is 0 Å². The van der Waals surface area contributed by atoms with E-state index in [1.165, 1.54) is 0 Å². The molecule has 8 nitrogen and oxygen atoms in total. The van der Waals surface area contributed by atoms with Crippen LogP contribution in [0.25, 0.3) is 10.9 Å². The lowest BCUT2D eigenvalue weighted by Crippen LogP contribution is -2.31. The summed E-state index contributed by atoms with van der Waals surface area (Å²) in [5, 5.41) is 8.92. The van der Waals surface area contributed by atoms with Gasteiger partial charge in [0.25, 0.3) is 5.91 Å². The summed E-state index contributed by atoms with van der Waals surface area (Å²) in [6.45, 7) is 3.70. The highest BCUT2D eigenvalue weighted by Gasteiger charge is 2.22. The Labute approximate surface area is 163 Å². The van der Waals surface area contributed by atoms with Gasteiger partial charge in [0.15, 0.2) is 0 Å². The van der Waals surface area contributed by atoms with E-state index in [1.807, 2.05) is 13.0 Å². The maximum atomic E-state index is 13.0. The summed E-state index contributed by atoms with van der Waals surface area (Å²) < 4.78 is 6.16. The number of fused-ring (bicyclic) bond motifs is 3. The number of pyridine rings is 2. The fourth-order valence-corrected chi connectivity index (χ4v) is 3.32. The summed E-state index contributed by atoms with van der Waals surface area (Å²) in [6, 6.07) is 5.40. The predicted molar refractivity (Wildman–Crippen MR) is 103 cm³/mol. The number of hydrogen-bond acceptors (Lipinski definition) is 7. The van der Waals surface area contributed by atoms with Crippen molar-refractivity contribution in [2.75, 3.05) is 12.3 Å². The summed E-state index contributed by atoms with van der Waals surface area (Å²) in [5.74, 6) is 0.286. The minimum absolute atomic E-state index is 0.173. The maximum Gasteiger partial charge on any atom is 0.272 e. The Morgan fingerprint density at radius 3 is 2.85 bits per heavy atom. The summed E-state index contributed by atoms with van der Waals surface area (Å²) >= 11 is 3.26. The number of carbonyl (C=O) groups excluding carboxylic acids is 1. The molecule has 0 fully saturated rings. The van der Waals surface area contributed by atoms with Crippen LogP contribution in [-0.4, -0.2) is 37.5 Å². The highest BCUT2D eigenvalue weighted by atomic mass is 79.9. The molecule has 9 heteroatoms. The largest absolute Gasteiger partial charge is 0.383 e. The van der Waals surface area contributed by atoms with Gasteiger partial charge in [0, 0.05) is 17.5 Å². The highest BCUT2D eigenvalue weighted by molar-refractivity contribution is 9.10. The molecule has 0 aromatic carbocycles. The smallest absolute Gasteiger partial charge is 0.272 e. The lowest BCUT2D eigenvalue weighted by Gasteiger charge is -2.20. The van der Waals surface area contributed by atoms with E-state index in [0.29, 0.717) is 53.6 Å². The molecule has 3 aromatic heterocycles. The van der Waals surface area contributed by atoms with Gasteiger partial charge in [-0.3, -0.25) is 4.79 Å². The number of hydrogen-bond donors (Lipinski definition) is 1. The van der Waals surface area contributed by atoms with Crippen molar-refractivity contribution >= 4 is 38.6 Å². The van der Waals surface area contributed by atoms with Gasteiger partial charge in [0.05, 0.1) is 37.2 Å². The van der Waals surface area contributed by atoms with Crippen LogP contribution in [0, 0.1) is 0 Å². The van der Waals surface area contributed by atoms with Gasteiger partial charge < -0.3 is 15.4 Å². The van der Waals surface area contributed by atoms with Crippen LogP contribution in [0.15, 0.2) is 29.0 Å². The Morgan fingerprint density at radius 1 is 1.30 bits per heavy atom. The summed E-state index contributed by atoms with van der Waals surface area (Å²) in [4.78, 5) is 23.3. The van der Waals surface area contributed by atoms with Gasteiger partial charge in [-0.25, -0.2) is 9.97 Å². The van der Waals surface area contributed by atoms with Crippen LogP contribution < -0.4 is 5.73 Å². The SMILES string of the molecule is CCN(Cc1ccc(Br)nn1)C(=O)c1cc2c3c(c(N)nc2cn1)COC3. The third-order valence-corrected chi connectivity index (χ3v) is 4.97. The molecule has 0 spiro atoms. The quantitative estimate of drug-likeness (QED) is 0.679. The van der Waals surface area contributed by atoms with Crippen molar-refractivity contribution in [1.82, 2.24) is 25.1 Å². The summed E-state index contributed by atoms with van der Waals surface area (Å²) in [6.07, 6.45) is 1.59. The van der Waals surface area contributed by atoms with Crippen molar-refractivity contribution in [2.45, 2.75) is 26.7 Å². The first-order valence-corrected chi connectivity index (χ1v) is 9.28. The van der Waals surface area contributed by atoms with Crippen LogP contribution in [0.5, 0.6) is 0 Å². The predicted octanol–water partition coefficient (Wildman–Crippen LogP) is 2.46. The second kappa shape index (κ2) is 7.16. The average molecular weight is 429 g/mol. The molecular weight excluding hydrogens is 412 g/mol. The van der Waals surface area contributed by atoms with Crippen molar-refractivity contribution in [2.24, 2.45) is 0 Å². The van der Waals surface area contributed by atoms with E-state index < -0.39 is 0 Å². The van der Waals surface area contributed by atoms with E-state index >= 15 is 0 Å². The minimum atomic E-state index is -0.173. The molecule has 138 valence electrons. The first-order chi connectivity index (χ1) is 13.1. The average Bonchev–Trinajstić information content (AvgIpc) is 3.18. The molecule has 1 aliphatic rings. The lowest BCUT2D eigenvalue weighted by molar-refractivity contribution is 0.0744. The van der Waals surface area contributed by atoms with Gasteiger partial charge in [0.1, 0.15) is 16.1 Å². The maximum absolute atomic E-state index is 13.0. The topological polar surface area (TPSA) is 107 Å². The van der Waals surface area contributed by atoms with Crippen LogP contribution in [0.3, 0.4) is 0 Å². The third kappa shape index (κ3) is 3.35. The van der Waals surface area contributed by atoms with Crippen LogP contribution in [0.1, 0.15) is 34.2 Å². The van der Waals surface area contributed by atoms with Crippen molar-refractivity contribution in [1.29, 1.82) is 0 Å². The number of halogens is 1. The van der Waals surface area contributed by atoms with Crippen LogP contribution in [0.4, 0.5) is 5.82 Å². The van der Waals surface area contributed by atoms with Gasteiger partial charge in [-0.15, -0.1) is 5.10 Å². The van der Waals surface area contributed by atoms with Gasteiger partial charge in [-0.05, 0) is 46.6 Å². The zero-order valence-corrected chi connectivity index (χ0v) is 16.2. The Kier molecular flexibility index (Phi) is 4.71. The Morgan fingerprint density at radius 2 is 2.11 bits per heavy atom. The van der Waals surface area contributed by atoms with Crippen LogP contribution in [0.2, 0.25) is 0 Å². The number of nitrogens with zero attached hydrogens (tertiary/aromatic N) is 5. The second-order valence-corrected chi connectivity index (χ2v) is 7.01. The van der Waals surface area contributed by atoms with E-state index in [9.17, 15) is 4.79 Å². The van der Waals surface area contributed by atoms with E-state index in [2.05, 4.69) is 36.1 Å². The fourth-order valence-electron chi connectivity index (χ4n) is 3.10. The monoisotopic (exact) mass is 428 g/mol. The van der Waals surface area contributed by atoms with Crippen LogP contribution in [-0.2, 0) is 24.5 Å². The van der Waals surface area contributed by atoms with Gasteiger partial charge >= 0.3 is 0 Å². The number of ether oxygens (including phenoxy) is 1. The molecule has 3 aromatic rings. The molecule has 0 aliphatic carbocycles. The van der Waals surface area contributed by atoms with E-state index in [-0.39, 0.29) is 5.91 Å². The number of amides is 1. The molecule has 4 heterocycles. The molecule has 0 unspecified atom stereocenters. The van der Waals surface area contributed by atoms with Crippen LogP contribution >= 0.6 is 15.9 Å². The Balaban J connectivity index is 1.67. The Hall–Kier alpha value is -2.65. The highest BCUT2D eigenvalue weighted by Crippen LogP contribution is 2.31. The molecule has 0 bridgehead atoms. The van der Waals surface area contributed by atoms with Crippen molar-refractivity contribution < 1.29 is 9.53 Å². The number of anilines is 1. The van der Waals surface area contributed by atoms with Gasteiger partial charge in [0.2, 0.25) is 0 Å². The number of carbonyl (C=O) groups is 1. The van der Waals surface area contributed by atoms with E-state index in [1.54, 1.807) is 23.2 Å². The third-order valence-electron chi connectivity index (χ3n) is 4.54. The molecule has 0 saturated carbocycles. The normalized spacial score (nSPS) is 13.0. The minimum Gasteiger partial charge on any atom is -0.383 e. The summed E-state index contributed by atoms with van der Waals surface area (Å²) in [5.41, 5.74) is 9.59. The molecule has 0 radical (unpaired) electrons. The van der Waals surface area contributed by atoms with Gasteiger partial charge in [-0.1, -0.05) is 0 Å². The second-order valence-electron chi connectivity index (χ2n) is 6.20. The van der Waals surface area contributed by atoms with Crippen molar-refractivity contribution in [3.8, 4) is 0 Å². The first kappa shape index (κ1) is 17.7. The molecule has 4 rings (SSSR count). The lowest BCUT2D eigenvalue weighted by atomic mass is 10.1. The number of nitrogen functional groups attached to an aromatic ring is 1. The van der Waals surface area contributed by atoms with E-state index in [4.69, 9.17) is 10.5 Å². The zero-order valence-electron chi connectivity index (χ0n) is 14.6. The molecule has 1 aliphatic heterocycles. The molecule has 0 saturated heterocycles. The fraction of sp³-hybridized carbons (Fsp3) is 0.278. The molecule has 1 amide bonds. The number of nitrogens with two attached hydrogens (primary N) is 1. The standard InChI is InChI=1S/C18H17BrN6O2/c1-2-25(7-10-3-4-16(19)24-23-10)18(26)14-5-11-12-8-27-9-13(12)17(20)22-15(11)6-21-14/h3-6H,2,7-9H2,1H3,(H2,20,22). The van der Waals surface area contributed by atoms with Gasteiger partial charge in [-0.2, -0.15) is 5.10 Å². The van der Waals surface area contributed by atoms with E-state index in [0.717, 1.165) is 16.5 Å². The molecule has 27 heavy (non-hydrogen) atoms. The zero-order chi connectivity index (χ0) is 19.0. The molecule has 0 atom stereocenters. The van der Waals surface area contributed by atoms with Crippen molar-refractivity contribution in [3.05, 3.63) is 51.5 Å². The first-order valence-electron chi connectivity index (χ1n) is 8.49. The molecular formula is C18H17BrN6O2. The molecule has 2 N–H and O–H groups in total.